The Balaban J connectivity index is 2.90. The van der Waals surface area contributed by atoms with Gasteiger partial charge in [0.25, 0.3) is 0 Å². The highest BCUT2D eigenvalue weighted by Crippen LogP contribution is 1.97. The van der Waals surface area contributed by atoms with Gasteiger partial charge in [0.2, 0.25) is 0 Å². The molecular formula is C10H24N2. The van der Waals surface area contributed by atoms with Gasteiger partial charge >= 0.3 is 0 Å². The second-order valence-corrected chi connectivity index (χ2v) is 3.47. The minimum atomic E-state index is 0.680. The molecule has 1 unspecified atom stereocenters. The van der Waals surface area contributed by atoms with Gasteiger partial charge < -0.3 is 11.1 Å². The fraction of sp³-hybridized carbons (Fsp3) is 1.00. The van der Waals surface area contributed by atoms with E-state index < -0.39 is 0 Å². The first-order valence-electron chi connectivity index (χ1n) is 5.24. The second kappa shape index (κ2) is 9.01. The summed E-state index contributed by atoms with van der Waals surface area (Å²) in [6.07, 6.45) is 6.32. The molecule has 0 saturated carbocycles. The van der Waals surface area contributed by atoms with Crippen LogP contribution < -0.4 is 11.1 Å². The predicted octanol–water partition coefficient (Wildman–Crippen LogP) is 1.89. The van der Waals surface area contributed by atoms with Crippen molar-refractivity contribution in [3.8, 4) is 0 Å². The van der Waals surface area contributed by atoms with Crippen molar-refractivity contribution in [2.24, 2.45) is 5.73 Å². The van der Waals surface area contributed by atoms with Gasteiger partial charge in [0, 0.05) is 6.04 Å². The van der Waals surface area contributed by atoms with Crippen molar-refractivity contribution in [3.05, 3.63) is 0 Å². The van der Waals surface area contributed by atoms with Crippen LogP contribution in [0.25, 0.3) is 0 Å². The maximum Gasteiger partial charge on any atom is 0.00360 e. The first-order valence-corrected chi connectivity index (χ1v) is 5.24. The Bertz CT molecular complexity index is 83.9. The van der Waals surface area contributed by atoms with Gasteiger partial charge in [0.15, 0.2) is 0 Å². The van der Waals surface area contributed by atoms with E-state index >= 15 is 0 Å². The van der Waals surface area contributed by atoms with Crippen LogP contribution in [0, 0.1) is 0 Å². The van der Waals surface area contributed by atoms with Gasteiger partial charge in [-0.3, -0.25) is 0 Å². The molecule has 0 aromatic heterocycles. The molecule has 0 radical (unpaired) electrons. The van der Waals surface area contributed by atoms with E-state index in [2.05, 4.69) is 19.2 Å². The fourth-order valence-corrected chi connectivity index (χ4v) is 1.12. The minimum Gasteiger partial charge on any atom is -0.330 e. The van der Waals surface area contributed by atoms with Crippen molar-refractivity contribution in [1.29, 1.82) is 0 Å². The topological polar surface area (TPSA) is 38.0 Å². The molecule has 0 aromatic rings. The van der Waals surface area contributed by atoms with Crippen LogP contribution in [-0.4, -0.2) is 19.1 Å². The lowest BCUT2D eigenvalue weighted by atomic mass is 10.2. The molecule has 0 amide bonds. The summed E-state index contributed by atoms with van der Waals surface area (Å²) in [6, 6.07) is 0.680. The van der Waals surface area contributed by atoms with E-state index in [4.69, 9.17) is 5.73 Å². The summed E-state index contributed by atoms with van der Waals surface area (Å²) >= 11 is 0. The van der Waals surface area contributed by atoms with Gasteiger partial charge in [-0.05, 0) is 39.3 Å². The maximum atomic E-state index is 5.40. The number of unbranched alkanes of at least 4 members (excludes halogenated alkanes) is 3. The molecule has 74 valence electrons. The van der Waals surface area contributed by atoms with E-state index in [-0.39, 0.29) is 0 Å². The summed E-state index contributed by atoms with van der Waals surface area (Å²) in [5, 5.41) is 3.48. The normalized spacial score (nSPS) is 13.2. The molecule has 0 bridgehead atoms. The average molecular weight is 172 g/mol. The van der Waals surface area contributed by atoms with Crippen molar-refractivity contribution in [1.82, 2.24) is 5.32 Å². The van der Waals surface area contributed by atoms with Crippen LogP contribution >= 0.6 is 0 Å². The van der Waals surface area contributed by atoms with E-state index in [9.17, 15) is 0 Å². The highest BCUT2D eigenvalue weighted by molar-refractivity contribution is 4.57. The smallest absolute Gasteiger partial charge is 0.00360 e. The number of nitrogens with one attached hydrogen (secondary N) is 1. The van der Waals surface area contributed by atoms with Crippen LogP contribution in [0.3, 0.4) is 0 Å². The maximum absolute atomic E-state index is 5.40. The monoisotopic (exact) mass is 172 g/mol. The zero-order valence-corrected chi connectivity index (χ0v) is 8.60. The molecule has 3 N–H and O–H groups in total. The SMILES string of the molecule is CCC(C)NCCCCCCN. The molecule has 0 saturated heterocycles. The lowest BCUT2D eigenvalue weighted by Gasteiger charge is -2.10. The summed E-state index contributed by atoms with van der Waals surface area (Å²) in [5.74, 6) is 0. The van der Waals surface area contributed by atoms with Crippen LogP contribution in [0.4, 0.5) is 0 Å². The van der Waals surface area contributed by atoms with Gasteiger partial charge in [0.05, 0.1) is 0 Å². The predicted molar refractivity (Wildman–Crippen MR) is 55.3 cm³/mol. The van der Waals surface area contributed by atoms with Crippen molar-refractivity contribution >= 4 is 0 Å². The fourth-order valence-electron chi connectivity index (χ4n) is 1.12. The molecule has 0 heterocycles. The highest BCUT2D eigenvalue weighted by atomic mass is 14.9. The molecule has 0 aromatic carbocycles. The Kier molecular flexibility index (Phi) is 8.95. The molecule has 12 heavy (non-hydrogen) atoms. The zero-order chi connectivity index (χ0) is 9.23. The molecule has 0 rings (SSSR count). The van der Waals surface area contributed by atoms with Crippen LogP contribution in [0.2, 0.25) is 0 Å². The molecule has 2 nitrogen and oxygen atoms in total. The summed E-state index contributed by atoms with van der Waals surface area (Å²) in [4.78, 5) is 0. The Morgan fingerprint density at radius 1 is 1.17 bits per heavy atom. The summed E-state index contributed by atoms with van der Waals surface area (Å²) in [5.41, 5.74) is 5.40. The molecule has 0 fully saturated rings. The van der Waals surface area contributed by atoms with Crippen molar-refractivity contribution in [3.63, 3.8) is 0 Å². The van der Waals surface area contributed by atoms with Crippen LogP contribution in [-0.2, 0) is 0 Å². The second-order valence-electron chi connectivity index (χ2n) is 3.47. The third kappa shape index (κ3) is 8.02. The molecule has 1 atom stereocenters. The Hall–Kier alpha value is -0.0800. The largest absolute Gasteiger partial charge is 0.330 e. The van der Waals surface area contributed by atoms with E-state index in [1.54, 1.807) is 0 Å². The number of rotatable bonds is 8. The highest BCUT2D eigenvalue weighted by Gasteiger charge is 1.95. The van der Waals surface area contributed by atoms with Gasteiger partial charge in [-0.25, -0.2) is 0 Å². The van der Waals surface area contributed by atoms with Crippen molar-refractivity contribution in [2.75, 3.05) is 13.1 Å². The zero-order valence-electron chi connectivity index (χ0n) is 8.60. The average Bonchev–Trinajstić information content (AvgIpc) is 2.10. The Morgan fingerprint density at radius 3 is 2.42 bits per heavy atom. The van der Waals surface area contributed by atoms with Crippen LogP contribution in [0.5, 0.6) is 0 Å². The van der Waals surface area contributed by atoms with E-state index in [0.29, 0.717) is 6.04 Å². The summed E-state index contributed by atoms with van der Waals surface area (Å²) in [7, 11) is 0. The Morgan fingerprint density at radius 2 is 1.83 bits per heavy atom. The third-order valence-corrected chi connectivity index (χ3v) is 2.24. The van der Waals surface area contributed by atoms with Gasteiger partial charge in [-0.15, -0.1) is 0 Å². The quantitative estimate of drug-likeness (QED) is 0.549. The number of nitrogens with two attached hydrogens (primary N) is 1. The Labute approximate surface area is 76.9 Å². The first kappa shape index (κ1) is 11.9. The first-order chi connectivity index (χ1) is 5.81. The minimum absolute atomic E-state index is 0.680. The number of hydrogen-bond acceptors (Lipinski definition) is 2. The molecular weight excluding hydrogens is 148 g/mol. The van der Waals surface area contributed by atoms with E-state index in [1.165, 1.54) is 38.6 Å². The lowest BCUT2D eigenvalue weighted by Crippen LogP contribution is -2.25. The molecule has 0 aliphatic carbocycles. The van der Waals surface area contributed by atoms with Crippen molar-refractivity contribution < 1.29 is 0 Å². The molecule has 0 spiro atoms. The standard InChI is InChI=1S/C10H24N2/c1-3-10(2)12-9-7-5-4-6-8-11/h10,12H,3-9,11H2,1-2H3. The molecule has 0 aliphatic rings. The van der Waals surface area contributed by atoms with Crippen molar-refractivity contribution in [2.45, 2.75) is 52.0 Å². The summed E-state index contributed by atoms with van der Waals surface area (Å²) in [6.45, 7) is 6.46. The van der Waals surface area contributed by atoms with Crippen LogP contribution in [0.15, 0.2) is 0 Å². The summed E-state index contributed by atoms with van der Waals surface area (Å²) < 4.78 is 0. The molecule has 0 aliphatic heterocycles. The van der Waals surface area contributed by atoms with Crippen LogP contribution in [0.1, 0.15) is 46.0 Å². The molecule has 2 heteroatoms. The van der Waals surface area contributed by atoms with Gasteiger partial charge in [-0.2, -0.15) is 0 Å². The van der Waals surface area contributed by atoms with E-state index in [1.807, 2.05) is 0 Å². The van der Waals surface area contributed by atoms with E-state index in [0.717, 1.165) is 6.54 Å². The third-order valence-electron chi connectivity index (χ3n) is 2.24. The van der Waals surface area contributed by atoms with Gasteiger partial charge in [-0.1, -0.05) is 19.8 Å². The number of hydrogen-bond donors (Lipinski definition) is 2. The van der Waals surface area contributed by atoms with Gasteiger partial charge in [0.1, 0.15) is 0 Å². The lowest BCUT2D eigenvalue weighted by molar-refractivity contribution is 0.508.